The van der Waals surface area contributed by atoms with Gasteiger partial charge in [0, 0.05) is 30.3 Å². The monoisotopic (exact) mass is 329 g/mol. The lowest BCUT2D eigenvalue weighted by Gasteiger charge is -2.39. The second kappa shape index (κ2) is 6.69. The number of hydrogen-bond acceptors (Lipinski definition) is 5. The molecule has 21 heavy (non-hydrogen) atoms. The number of sulfone groups is 1. The molecule has 0 aliphatic carbocycles. The smallest absolute Gasteiger partial charge is 0.166 e. The summed E-state index contributed by atoms with van der Waals surface area (Å²) in [6.07, 6.45) is 0. The summed E-state index contributed by atoms with van der Waals surface area (Å²) in [5.74, 6) is 1.63. The SMILES string of the molecule is CCS(=O)(=O)C1CSCCN1CC(C)(O)c1ccccc1. The first kappa shape index (κ1) is 16.8. The van der Waals surface area contributed by atoms with Gasteiger partial charge < -0.3 is 5.11 Å². The molecule has 0 bridgehead atoms. The molecule has 0 amide bonds. The van der Waals surface area contributed by atoms with E-state index in [1.54, 1.807) is 25.6 Å². The number of rotatable bonds is 5. The molecule has 1 aliphatic heterocycles. The maximum Gasteiger partial charge on any atom is 0.166 e. The molecule has 2 rings (SSSR count). The van der Waals surface area contributed by atoms with Crippen LogP contribution in [0.4, 0.5) is 0 Å². The topological polar surface area (TPSA) is 57.6 Å². The van der Waals surface area contributed by atoms with Gasteiger partial charge in [-0.1, -0.05) is 37.3 Å². The minimum Gasteiger partial charge on any atom is -0.384 e. The van der Waals surface area contributed by atoms with Crippen LogP contribution in [-0.2, 0) is 15.4 Å². The molecule has 0 aromatic heterocycles. The van der Waals surface area contributed by atoms with E-state index in [0.29, 0.717) is 18.8 Å². The summed E-state index contributed by atoms with van der Waals surface area (Å²) in [6.45, 7) is 4.46. The van der Waals surface area contributed by atoms with Crippen LogP contribution in [0.3, 0.4) is 0 Å². The summed E-state index contributed by atoms with van der Waals surface area (Å²) in [4.78, 5) is 1.92. The Hall–Kier alpha value is -0.560. The first-order valence-corrected chi connectivity index (χ1v) is 10.0. The third kappa shape index (κ3) is 4.00. The van der Waals surface area contributed by atoms with Crippen LogP contribution in [0.5, 0.6) is 0 Å². The molecule has 1 heterocycles. The highest BCUT2D eigenvalue weighted by molar-refractivity contribution is 8.01. The molecule has 1 saturated heterocycles. The van der Waals surface area contributed by atoms with E-state index in [-0.39, 0.29) is 5.75 Å². The van der Waals surface area contributed by atoms with Crippen molar-refractivity contribution in [3.63, 3.8) is 0 Å². The third-order valence-electron chi connectivity index (χ3n) is 3.91. The Labute approximate surface area is 131 Å². The van der Waals surface area contributed by atoms with E-state index < -0.39 is 20.8 Å². The van der Waals surface area contributed by atoms with E-state index in [4.69, 9.17) is 0 Å². The molecule has 0 radical (unpaired) electrons. The lowest BCUT2D eigenvalue weighted by Crippen LogP contribution is -2.52. The summed E-state index contributed by atoms with van der Waals surface area (Å²) in [7, 11) is -3.13. The molecule has 2 unspecified atom stereocenters. The van der Waals surface area contributed by atoms with Crippen LogP contribution in [-0.4, -0.2) is 54.1 Å². The maximum absolute atomic E-state index is 12.3. The molecule has 0 spiro atoms. The zero-order valence-electron chi connectivity index (χ0n) is 12.5. The Morgan fingerprint density at radius 2 is 2.05 bits per heavy atom. The normalized spacial score (nSPS) is 23.7. The predicted molar refractivity (Wildman–Crippen MR) is 88.2 cm³/mol. The lowest BCUT2D eigenvalue weighted by atomic mass is 9.95. The molecule has 1 N–H and O–H groups in total. The average molecular weight is 329 g/mol. The van der Waals surface area contributed by atoms with Crippen LogP contribution >= 0.6 is 11.8 Å². The van der Waals surface area contributed by atoms with Crippen molar-refractivity contribution in [1.82, 2.24) is 4.90 Å². The molecular weight excluding hydrogens is 306 g/mol. The van der Waals surface area contributed by atoms with Crippen molar-refractivity contribution >= 4 is 21.6 Å². The number of benzene rings is 1. The van der Waals surface area contributed by atoms with Crippen LogP contribution in [0.1, 0.15) is 19.4 Å². The zero-order valence-corrected chi connectivity index (χ0v) is 14.2. The minimum absolute atomic E-state index is 0.141. The summed E-state index contributed by atoms with van der Waals surface area (Å²) >= 11 is 1.67. The second-order valence-electron chi connectivity index (χ2n) is 5.59. The summed E-state index contributed by atoms with van der Waals surface area (Å²) in [5, 5.41) is 10.3. The van der Waals surface area contributed by atoms with Gasteiger partial charge in [0.1, 0.15) is 5.37 Å². The highest BCUT2D eigenvalue weighted by atomic mass is 32.2. The van der Waals surface area contributed by atoms with Gasteiger partial charge in [-0.15, -0.1) is 0 Å². The summed E-state index contributed by atoms with van der Waals surface area (Å²) < 4.78 is 24.5. The third-order valence-corrected chi connectivity index (χ3v) is 7.25. The lowest BCUT2D eigenvalue weighted by molar-refractivity contribution is 0.0146. The van der Waals surface area contributed by atoms with Gasteiger partial charge in [-0.05, 0) is 12.5 Å². The fourth-order valence-corrected chi connectivity index (χ4v) is 5.68. The highest BCUT2D eigenvalue weighted by Gasteiger charge is 2.37. The van der Waals surface area contributed by atoms with Gasteiger partial charge in [-0.25, -0.2) is 8.42 Å². The Bertz CT molecular complexity index is 558. The number of β-amino-alcohol motifs (C(OH)–C–C–N with tert-alkyl or cyclic N) is 1. The number of hydrogen-bond donors (Lipinski definition) is 1. The fourth-order valence-electron chi connectivity index (χ4n) is 2.60. The van der Waals surface area contributed by atoms with Crippen LogP contribution < -0.4 is 0 Å². The van der Waals surface area contributed by atoms with E-state index in [9.17, 15) is 13.5 Å². The van der Waals surface area contributed by atoms with Gasteiger partial charge in [0.05, 0.1) is 5.60 Å². The average Bonchev–Trinajstić information content (AvgIpc) is 2.48. The van der Waals surface area contributed by atoms with E-state index in [2.05, 4.69) is 0 Å². The molecule has 0 saturated carbocycles. The molecule has 1 fully saturated rings. The number of nitrogens with zero attached hydrogens (tertiary/aromatic N) is 1. The van der Waals surface area contributed by atoms with E-state index in [0.717, 1.165) is 11.3 Å². The van der Waals surface area contributed by atoms with Crippen molar-refractivity contribution in [3.05, 3.63) is 35.9 Å². The van der Waals surface area contributed by atoms with Crippen LogP contribution in [0, 0.1) is 0 Å². The molecule has 1 aliphatic rings. The Morgan fingerprint density at radius 1 is 1.38 bits per heavy atom. The van der Waals surface area contributed by atoms with Gasteiger partial charge in [0.2, 0.25) is 0 Å². The molecule has 118 valence electrons. The summed E-state index contributed by atoms with van der Waals surface area (Å²) in [5.41, 5.74) is -0.235. The van der Waals surface area contributed by atoms with Crippen LogP contribution in [0.25, 0.3) is 0 Å². The Morgan fingerprint density at radius 3 is 2.67 bits per heavy atom. The quantitative estimate of drug-likeness (QED) is 0.891. The fraction of sp³-hybridized carbons (Fsp3) is 0.600. The largest absolute Gasteiger partial charge is 0.384 e. The molecule has 1 aromatic carbocycles. The van der Waals surface area contributed by atoms with Gasteiger partial charge in [-0.2, -0.15) is 11.8 Å². The molecule has 1 aromatic rings. The standard InChI is InChI=1S/C15H23NO3S2/c1-3-21(18,19)14-11-20-10-9-16(14)12-15(2,17)13-7-5-4-6-8-13/h4-8,14,17H,3,9-12H2,1-2H3. The van der Waals surface area contributed by atoms with Gasteiger partial charge >= 0.3 is 0 Å². The van der Waals surface area contributed by atoms with Crippen molar-refractivity contribution in [2.45, 2.75) is 24.8 Å². The predicted octanol–water partition coefficient (Wildman–Crippen LogP) is 1.70. The molecular formula is C15H23NO3S2. The van der Waals surface area contributed by atoms with Crippen LogP contribution in [0.15, 0.2) is 30.3 Å². The first-order chi connectivity index (χ1) is 9.87. The minimum atomic E-state index is -3.13. The number of aliphatic hydroxyl groups is 1. The maximum atomic E-state index is 12.3. The van der Waals surface area contributed by atoms with Gasteiger partial charge in [0.15, 0.2) is 9.84 Å². The second-order valence-corrected chi connectivity index (χ2v) is 9.19. The highest BCUT2D eigenvalue weighted by Crippen LogP contribution is 2.27. The van der Waals surface area contributed by atoms with E-state index in [1.807, 2.05) is 35.2 Å². The van der Waals surface area contributed by atoms with Crippen molar-refractivity contribution in [3.8, 4) is 0 Å². The van der Waals surface area contributed by atoms with E-state index >= 15 is 0 Å². The molecule has 4 nitrogen and oxygen atoms in total. The van der Waals surface area contributed by atoms with E-state index in [1.165, 1.54) is 0 Å². The van der Waals surface area contributed by atoms with Gasteiger partial charge in [-0.3, -0.25) is 4.90 Å². The number of thioether (sulfide) groups is 1. The van der Waals surface area contributed by atoms with Crippen molar-refractivity contribution in [2.24, 2.45) is 0 Å². The molecule has 2 atom stereocenters. The van der Waals surface area contributed by atoms with Gasteiger partial charge in [0.25, 0.3) is 0 Å². The zero-order chi connectivity index (χ0) is 15.5. The first-order valence-electron chi connectivity index (χ1n) is 7.18. The Kier molecular flexibility index (Phi) is 5.35. The molecule has 6 heteroatoms. The summed E-state index contributed by atoms with van der Waals surface area (Å²) in [6, 6.07) is 9.43. The van der Waals surface area contributed by atoms with Crippen molar-refractivity contribution < 1.29 is 13.5 Å². The Balaban J connectivity index is 2.19. The van der Waals surface area contributed by atoms with Crippen molar-refractivity contribution in [2.75, 3.05) is 30.3 Å². The van der Waals surface area contributed by atoms with Crippen molar-refractivity contribution in [1.29, 1.82) is 0 Å². The van der Waals surface area contributed by atoms with Crippen LogP contribution in [0.2, 0.25) is 0 Å².